The number of anilines is 1. The van der Waals surface area contributed by atoms with E-state index >= 15 is 0 Å². The second kappa shape index (κ2) is 8.47. The second-order valence-corrected chi connectivity index (χ2v) is 4.79. The summed E-state index contributed by atoms with van der Waals surface area (Å²) < 4.78 is 0. The molecule has 0 radical (unpaired) electrons. The normalized spacial score (nSPS) is 9.96. The molecule has 1 aromatic heterocycles. The van der Waals surface area contributed by atoms with Crippen LogP contribution in [0.3, 0.4) is 0 Å². The van der Waals surface area contributed by atoms with Gasteiger partial charge in [0, 0.05) is 25.7 Å². The molecule has 0 saturated heterocycles. The lowest BCUT2D eigenvalue weighted by Crippen LogP contribution is -2.25. The van der Waals surface area contributed by atoms with Crippen molar-refractivity contribution in [2.75, 3.05) is 25.5 Å². The summed E-state index contributed by atoms with van der Waals surface area (Å²) >= 11 is 0. The van der Waals surface area contributed by atoms with Crippen LogP contribution in [0.25, 0.3) is 0 Å². The molecule has 0 unspecified atom stereocenters. The van der Waals surface area contributed by atoms with Gasteiger partial charge in [-0.25, -0.2) is 0 Å². The number of amides is 2. The summed E-state index contributed by atoms with van der Waals surface area (Å²) in [7, 11) is 1.54. The summed E-state index contributed by atoms with van der Waals surface area (Å²) in [6.07, 6.45) is 0.747. The summed E-state index contributed by atoms with van der Waals surface area (Å²) in [5, 5.41) is 16.2. The molecule has 0 aliphatic heterocycles. The summed E-state index contributed by atoms with van der Waals surface area (Å²) in [6, 6.07) is 12.4. The van der Waals surface area contributed by atoms with Crippen molar-refractivity contribution in [1.29, 1.82) is 0 Å². The molecule has 0 aliphatic rings. The third-order valence-electron chi connectivity index (χ3n) is 3.11. The monoisotopic (exact) mass is 313 g/mol. The number of carbonyl (C=O) groups excluding carboxylic acids is 2. The molecule has 0 saturated carbocycles. The fraction of sp³-hybridized carbons (Fsp3) is 0.250. The van der Waals surface area contributed by atoms with Gasteiger partial charge >= 0.3 is 0 Å². The smallest absolute Gasteiger partial charge is 0.271 e. The Kier molecular flexibility index (Phi) is 6.05. The number of nitrogens with one attached hydrogen (secondary N) is 3. The molecule has 2 aromatic rings. The van der Waals surface area contributed by atoms with Gasteiger partial charge < -0.3 is 16.0 Å². The van der Waals surface area contributed by atoms with Gasteiger partial charge in [-0.1, -0.05) is 18.2 Å². The maximum Gasteiger partial charge on any atom is 0.271 e. The third-order valence-corrected chi connectivity index (χ3v) is 3.11. The van der Waals surface area contributed by atoms with E-state index in [2.05, 4.69) is 26.1 Å². The molecule has 7 heteroatoms. The van der Waals surface area contributed by atoms with Crippen LogP contribution in [0, 0.1) is 0 Å². The highest BCUT2D eigenvalue weighted by atomic mass is 16.2. The van der Waals surface area contributed by atoms with E-state index in [1.807, 2.05) is 18.2 Å². The first kappa shape index (κ1) is 16.4. The van der Waals surface area contributed by atoms with Crippen LogP contribution in [0.15, 0.2) is 42.5 Å². The van der Waals surface area contributed by atoms with Crippen LogP contribution in [0.2, 0.25) is 0 Å². The van der Waals surface area contributed by atoms with Crippen molar-refractivity contribution in [1.82, 2.24) is 20.8 Å². The van der Waals surface area contributed by atoms with E-state index in [1.54, 1.807) is 31.3 Å². The third kappa shape index (κ3) is 5.06. The van der Waals surface area contributed by atoms with E-state index in [-0.39, 0.29) is 17.5 Å². The molecule has 23 heavy (non-hydrogen) atoms. The molecule has 7 nitrogen and oxygen atoms in total. The quantitative estimate of drug-likeness (QED) is 0.665. The van der Waals surface area contributed by atoms with Gasteiger partial charge in [-0.3, -0.25) is 9.59 Å². The van der Waals surface area contributed by atoms with Crippen LogP contribution in [-0.2, 0) is 0 Å². The summed E-state index contributed by atoms with van der Waals surface area (Å²) in [5.74, 6) is 0.236. The van der Waals surface area contributed by atoms with E-state index in [4.69, 9.17) is 0 Å². The van der Waals surface area contributed by atoms with Crippen molar-refractivity contribution >= 4 is 17.6 Å². The Morgan fingerprint density at radius 1 is 0.957 bits per heavy atom. The van der Waals surface area contributed by atoms with E-state index in [1.165, 1.54) is 0 Å². The minimum absolute atomic E-state index is 0.0830. The maximum atomic E-state index is 11.8. The molecular formula is C16H19N5O2. The highest BCUT2D eigenvalue weighted by molar-refractivity contribution is 5.94. The van der Waals surface area contributed by atoms with Gasteiger partial charge in [0.25, 0.3) is 11.8 Å². The van der Waals surface area contributed by atoms with Gasteiger partial charge in [-0.15, -0.1) is 10.2 Å². The molecule has 0 spiro atoms. The molecule has 0 atom stereocenters. The molecule has 0 aliphatic carbocycles. The van der Waals surface area contributed by atoms with Crippen LogP contribution >= 0.6 is 0 Å². The van der Waals surface area contributed by atoms with Crippen molar-refractivity contribution in [2.24, 2.45) is 0 Å². The SMILES string of the molecule is CNC(=O)c1ccc(NCCCNC(=O)c2ccccc2)nn1. The first-order valence-electron chi connectivity index (χ1n) is 7.33. The van der Waals surface area contributed by atoms with Crippen LogP contribution in [0.4, 0.5) is 5.82 Å². The van der Waals surface area contributed by atoms with Crippen LogP contribution < -0.4 is 16.0 Å². The number of nitrogens with zero attached hydrogens (tertiary/aromatic N) is 2. The van der Waals surface area contributed by atoms with Gasteiger partial charge in [0.05, 0.1) is 0 Å². The Hall–Kier alpha value is -2.96. The molecular weight excluding hydrogens is 294 g/mol. The molecule has 3 N–H and O–H groups in total. The molecule has 120 valence electrons. The highest BCUT2D eigenvalue weighted by Gasteiger charge is 2.05. The second-order valence-electron chi connectivity index (χ2n) is 4.79. The molecule has 2 amide bonds. The topological polar surface area (TPSA) is 96.0 Å². The fourth-order valence-corrected chi connectivity index (χ4v) is 1.87. The van der Waals surface area contributed by atoms with Crippen LogP contribution in [0.1, 0.15) is 27.3 Å². The molecule has 2 rings (SSSR count). The largest absolute Gasteiger partial charge is 0.369 e. The summed E-state index contributed by atoms with van der Waals surface area (Å²) in [5.41, 5.74) is 0.921. The Balaban J connectivity index is 1.67. The Morgan fingerprint density at radius 2 is 1.74 bits per heavy atom. The molecule has 0 fully saturated rings. The average Bonchev–Trinajstić information content (AvgIpc) is 2.62. The average molecular weight is 313 g/mol. The lowest BCUT2D eigenvalue weighted by atomic mass is 10.2. The lowest BCUT2D eigenvalue weighted by molar-refractivity contribution is 0.0947. The Morgan fingerprint density at radius 3 is 2.39 bits per heavy atom. The summed E-state index contributed by atoms with van der Waals surface area (Å²) in [4.78, 5) is 23.1. The van der Waals surface area contributed by atoms with Crippen molar-refractivity contribution in [3.8, 4) is 0 Å². The maximum absolute atomic E-state index is 11.8. The molecule has 1 heterocycles. The summed E-state index contributed by atoms with van der Waals surface area (Å²) in [6.45, 7) is 1.20. The van der Waals surface area contributed by atoms with E-state index < -0.39 is 0 Å². The van der Waals surface area contributed by atoms with E-state index in [9.17, 15) is 9.59 Å². The number of hydrogen-bond acceptors (Lipinski definition) is 5. The Labute approximate surface area is 134 Å². The number of hydrogen-bond donors (Lipinski definition) is 3. The van der Waals surface area contributed by atoms with Crippen molar-refractivity contribution in [3.05, 3.63) is 53.7 Å². The fourth-order valence-electron chi connectivity index (χ4n) is 1.87. The van der Waals surface area contributed by atoms with Gasteiger partial charge in [0.1, 0.15) is 5.82 Å². The first-order valence-corrected chi connectivity index (χ1v) is 7.33. The zero-order valence-corrected chi connectivity index (χ0v) is 12.9. The lowest BCUT2D eigenvalue weighted by Gasteiger charge is -2.07. The number of aromatic nitrogens is 2. The van der Waals surface area contributed by atoms with Gasteiger partial charge in [0.2, 0.25) is 0 Å². The van der Waals surface area contributed by atoms with E-state index in [0.717, 1.165) is 6.42 Å². The Bertz CT molecular complexity index is 643. The van der Waals surface area contributed by atoms with Crippen molar-refractivity contribution in [2.45, 2.75) is 6.42 Å². The van der Waals surface area contributed by atoms with Gasteiger partial charge in [-0.2, -0.15) is 0 Å². The zero-order valence-electron chi connectivity index (χ0n) is 12.9. The number of rotatable bonds is 7. The number of carbonyl (C=O) groups is 2. The molecule has 0 bridgehead atoms. The minimum Gasteiger partial charge on any atom is -0.369 e. The predicted octanol–water partition coefficient (Wildman–Crippen LogP) is 1.07. The standard InChI is InChI=1S/C16H19N5O2/c1-17-16(23)13-8-9-14(21-20-13)18-10-5-11-19-15(22)12-6-3-2-4-7-12/h2-4,6-9H,5,10-11H2,1H3,(H,17,23)(H,18,21)(H,19,22). The van der Waals surface area contributed by atoms with Gasteiger partial charge in [-0.05, 0) is 30.7 Å². The first-order chi connectivity index (χ1) is 11.2. The highest BCUT2D eigenvalue weighted by Crippen LogP contribution is 2.02. The zero-order chi connectivity index (χ0) is 16.5. The minimum atomic E-state index is -0.271. The van der Waals surface area contributed by atoms with E-state index in [0.29, 0.717) is 24.5 Å². The number of benzene rings is 1. The molecule has 1 aromatic carbocycles. The van der Waals surface area contributed by atoms with Gasteiger partial charge in [0.15, 0.2) is 5.69 Å². The van der Waals surface area contributed by atoms with Crippen LogP contribution in [-0.4, -0.2) is 42.1 Å². The van der Waals surface area contributed by atoms with Crippen molar-refractivity contribution in [3.63, 3.8) is 0 Å². The van der Waals surface area contributed by atoms with Crippen molar-refractivity contribution < 1.29 is 9.59 Å². The predicted molar refractivity (Wildman–Crippen MR) is 87.3 cm³/mol. The van der Waals surface area contributed by atoms with Crippen LogP contribution in [0.5, 0.6) is 0 Å².